The Balaban J connectivity index is 1.78. The molecule has 1 aromatic carbocycles. The van der Waals surface area contributed by atoms with Crippen molar-refractivity contribution in [2.75, 3.05) is 6.54 Å². The fraction of sp³-hybridized carbons (Fsp3) is 0.500. The molecular weight excluding hydrogens is 212 g/mol. The highest BCUT2D eigenvalue weighted by atomic mass is 16.1. The maximum absolute atomic E-state index is 11.7. The standard InChI is InChI=1S/C14H20N2O/c1-10-4-2-3-5-12(10)8-14(17)16-9-13(15)11-6-7-11/h2-5,11,13H,6-9,15H2,1H3,(H,16,17). The number of hydrogen-bond donors (Lipinski definition) is 2. The minimum absolute atomic E-state index is 0.0652. The van der Waals surface area contributed by atoms with E-state index in [-0.39, 0.29) is 11.9 Å². The minimum Gasteiger partial charge on any atom is -0.354 e. The van der Waals surface area contributed by atoms with Crippen molar-refractivity contribution in [3.05, 3.63) is 35.4 Å². The van der Waals surface area contributed by atoms with Crippen LogP contribution in [0.2, 0.25) is 0 Å². The largest absolute Gasteiger partial charge is 0.354 e. The minimum atomic E-state index is 0.0652. The molecular formula is C14H20N2O. The highest BCUT2D eigenvalue weighted by Crippen LogP contribution is 2.31. The molecule has 0 aliphatic heterocycles. The Hall–Kier alpha value is -1.35. The fourth-order valence-electron chi connectivity index (χ4n) is 1.97. The number of carbonyl (C=O) groups is 1. The van der Waals surface area contributed by atoms with Crippen molar-refractivity contribution in [1.82, 2.24) is 5.32 Å². The van der Waals surface area contributed by atoms with Crippen molar-refractivity contribution < 1.29 is 4.79 Å². The van der Waals surface area contributed by atoms with E-state index in [0.717, 1.165) is 11.1 Å². The quantitative estimate of drug-likeness (QED) is 0.806. The summed E-state index contributed by atoms with van der Waals surface area (Å²) in [5.41, 5.74) is 8.19. The van der Waals surface area contributed by atoms with Crippen molar-refractivity contribution in [3.63, 3.8) is 0 Å². The van der Waals surface area contributed by atoms with Gasteiger partial charge in [0, 0.05) is 12.6 Å². The number of nitrogens with one attached hydrogen (secondary N) is 1. The summed E-state index contributed by atoms with van der Waals surface area (Å²) in [7, 11) is 0. The molecule has 1 aromatic rings. The zero-order valence-corrected chi connectivity index (χ0v) is 10.3. The van der Waals surface area contributed by atoms with Crippen LogP contribution in [0, 0.1) is 12.8 Å². The topological polar surface area (TPSA) is 55.1 Å². The molecule has 2 rings (SSSR count). The molecule has 1 atom stereocenters. The first-order chi connectivity index (χ1) is 8.16. The molecule has 1 unspecified atom stereocenters. The number of rotatable bonds is 5. The van der Waals surface area contributed by atoms with Crippen LogP contribution in [0.5, 0.6) is 0 Å². The van der Waals surface area contributed by atoms with Gasteiger partial charge in [0.15, 0.2) is 0 Å². The second kappa shape index (κ2) is 5.32. The molecule has 1 amide bonds. The summed E-state index contributed by atoms with van der Waals surface area (Å²) in [5, 5.41) is 2.92. The van der Waals surface area contributed by atoms with Crippen molar-refractivity contribution in [1.29, 1.82) is 0 Å². The van der Waals surface area contributed by atoms with Gasteiger partial charge in [-0.2, -0.15) is 0 Å². The predicted molar refractivity (Wildman–Crippen MR) is 68.6 cm³/mol. The smallest absolute Gasteiger partial charge is 0.224 e. The first kappa shape index (κ1) is 12.1. The third-order valence-electron chi connectivity index (χ3n) is 3.37. The molecule has 1 fully saturated rings. The maximum Gasteiger partial charge on any atom is 0.224 e. The lowest BCUT2D eigenvalue weighted by atomic mass is 10.1. The van der Waals surface area contributed by atoms with E-state index in [2.05, 4.69) is 5.32 Å². The third-order valence-corrected chi connectivity index (χ3v) is 3.37. The zero-order chi connectivity index (χ0) is 12.3. The second-order valence-corrected chi connectivity index (χ2v) is 4.91. The predicted octanol–water partition coefficient (Wildman–Crippen LogP) is 1.39. The summed E-state index contributed by atoms with van der Waals surface area (Å²) in [6.45, 7) is 2.63. The van der Waals surface area contributed by atoms with Gasteiger partial charge in [-0.3, -0.25) is 4.79 Å². The average molecular weight is 232 g/mol. The van der Waals surface area contributed by atoms with E-state index in [1.165, 1.54) is 12.8 Å². The fourth-order valence-corrected chi connectivity index (χ4v) is 1.97. The number of aryl methyl sites for hydroxylation is 1. The second-order valence-electron chi connectivity index (χ2n) is 4.91. The average Bonchev–Trinajstić information content (AvgIpc) is 3.13. The van der Waals surface area contributed by atoms with Crippen LogP contribution in [0.15, 0.2) is 24.3 Å². The van der Waals surface area contributed by atoms with Gasteiger partial charge < -0.3 is 11.1 Å². The van der Waals surface area contributed by atoms with Crippen LogP contribution in [-0.2, 0) is 11.2 Å². The Morgan fingerprint density at radius 2 is 2.18 bits per heavy atom. The summed E-state index contributed by atoms with van der Waals surface area (Å²) in [6, 6.07) is 8.11. The highest BCUT2D eigenvalue weighted by Gasteiger charge is 2.28. The summed E-state index contributed by atoms with van der Waals surface area (Å²) in [6.07, 6.45) is 2.88. The van der Waals surface area contributed by atoms with Gasteiger partial charge in [-0.15, -0.1) is 0 Å². The van der Waals surface area contributed by atoms with E-state index in [1.807, 2.05) is 31.2 Å². The van der Waals surface area contributed by atoms with E-state index in [4.69, 9.17) is 5.73 Å². The number of nitrogens with two attached hydrogens (primary N) is 1. The molecule has 17 heavy (non-hydrogen) atoms. The van der Waals surface area contributed by atoms with Gasteiger partial charge in [0.1, 0.15) is 0 Å². The molecule has 3 nitrogen and oxygen atoms in total. The van der Waals surface area contributed by atoms with Crippen LogP contribution in [0.3, 0.4) is 0 Å². The van der Waals surface area contributed by atoms with Crippen molar-refractivity contribution in [3.8, 4) is 0 Å². The van der Waals surface area contributed by atoms with Gasteiger partial charge in [0.25, 0.3) is 0 Å². The Morgan fingerprint density at radius 3 is 2.82 bits per heavy atom. The molecule has 3 N–H and O–H groups in total. The van der Waals surface area contributed by atoms with Gasteiger partial charge in [-0.25, -0.2) is 0 Å². The van der Waals surface area contributed by atoms with Crippen molar-refractivity contribution >= 4 is 5.91 Å². The number of carbonyl (C=O) groups excluding carboxylic acids is 1. The van der Waals surface area contributed by atoms with Crippen LogP contribution in [0.4, 0.5) is 0 Å². The SMILES string of the molecule is Cc1ccccc1CC(=O)NCC(N)C1CC1. The number of hydrogen-bond acceptors (Lipinski definition) is 2. The van der Waals surface area contributed by atoms with Gasteiger partial charge >= 0.3 is 0 Å². The van der Waals surface area contributed by atoms with Gasteiger partial charge in [0.05, 0.1) is 6.42 Å². The molecule has 0 spiro atoms. The molecule has 0 saturated heterocycles. The Bertz CT molecular complexity index is 399. The van der Waals surface area contributed by atoms with Crippen LogP contribution in [0.1, 0.15) is 24.0 Å². The van der Waals surface area contributed by atoms with Gasteiger partial charge in [0.2, 0.25) is 5.91 Å². The number of benzene rings is 1. The van der Waals surface area contributed by atoms with Crippen LogP contribution < -0.4 is 11.1 Å². The van der Waals surface area contributed by atoms with Gasteiger partial charge in [-0.1, -0.05) is 24.3 Å². The summed E-state index contributed by atoms with van der Waals surface area (Å²) >= 11 is 0. The summed E-state index contributed by atoms with van der Waals surface area (Å²) < 4.78 is 0. The van der Waals surface area contributed by atoms with Crippen LogP contribution >= 0.6 is 0 Å². The van der Waals surface area contributed by atoms with Crippen molar-refractivity contribution in [2.45, 2.75) is 32.2 Å². The van der Waals surface area contributed by atoms with E-state index < -0.39 is 0 Å². The molecule has 0 heterocycles. The molecule has 92 valence electrons. The Labute approximate surface area is 102 Å². The summed E-state index contributed by atoms with van der Waals surface area (Å²) in [5.74, 6) is 0.698. The zero-order valence-electron chi connectivity index (χ0n) is 10.3. The lowest BCUT2D eigenvalue weighted by Gasteiger charge is -2.12. The Kier molecular flexibility index (Phi) is 3.79. The molecule has 1 aliphatic carbocycles. The van der Waals surface area contributed by atoms with E-state index in [0.29, 0.717) is 18.9 Å². The first-order valence-electron chi connectivity index (χ1n) is 6.23. The molecule has 1 saturated carbocycles. The van der Waals surface area contributed by atoms with Crippen LogP contribution in [0.25, 0.3) is 0 Å². The third kappa shape index (κ3) is 3.56. The van der Waals surface area contributed by atoms with E-state index in [9.17, 15) is 4.79 Å². The normalized spacial score (nSPS) is 16.6. The van der Waals surface area contributed by atoms with Crippen LogP contribution in [-0.4, -0.2) is 18.5 Å². The lowest BCUT2D eigenvalue weighted by Crippen LogP contribution is -2.39. The van der Waals surface area contributed by atoms with E-state index in [1.54, 1.807) is 0 Å². The highest BCUT2D eigenvalue weighted by molar-refractivity contribution is 5.78. The Morgan fingerprint density at radius 1 is 1.47 bits per heavy atom. The number of amides is 1. The lowest BCUT2D eigenvalue weighted by molar-refractivity contribution is -0.120. The van der Waals surface area contributed by atoms with Crippen molar-refractivity contribution in [2.24, 2.45) is 11.7 Å². The molecule has 0 radical (unpaired) electrons. The first-order valence-corrected chi connectivity index (χ1v) is 6.23. The molecule has 1 aliphatic rings. The molecule has 3 heteroatoms. The molecule has 0 aromatic heterocycles. The molecule has 0 bridgehead atoms. The summed E-state index contributed by atoms with van der Waals surface area (Å²) in [4.78, 5) is 11.7. The van der Waals surface area contributed by atoms with E-state index >= 15 is 0 Å². The maximum atomic E-state index is 11.7. The monoisotopic (exact) mass is 232 g/mol. The van der Waals surface area contributed by atoms with Gasteiger partial charge in [-0.05, 0) is 36.8 Å².